The maximum Gasteiger partial charge on any atom is 0.237 e. The predicted molar refractivity (Wildman–Crippen MR) is 50.5 cm³/mol. The SMILES string of the molecule is Cl.NC(=O)CNC(=O)[C@H]1CCCN1. The quantitative estimate of drug-likeness (QED) is 0.542. The molecule has 0 aromatic rings. The highest BCUT2D eigenvalue weighted by atomic mass is 35.5. The van der Waals surface area contributed by atoms with Crippen molar-refractivity contribution in [3.05, 3.63) is 0 Å². The monoisotopic (exact) mass is 207 g/mol. The van der Waals surface area contributed by atoms with Crippen LogP contribution in [0.2, 0.25) is 0 Å². The van der Waals surface area contributed by atoms with Crippen molar-refractivity contribution in [1.82, 2.24) is 10.6 Å². The molecule has 0 radical (unpaired) electrons. The Labute approximate surface area is 82.8 Å². The highest BCUT2D eigenvalue weighted by Gasteiger charge is 2.21. The summed E-state index contributed by atoms with van der Waals surface area (Å²) in [5.41, 5.74) is 4.87. The molecule has 0 bridgehead atoms. The molecule has 0 aromatic carbocycles. The summed E-state index contributed by atoms with van der Waals surface area (Å²) in [5.74, 6) is -0.646. The maximum atomic E-state index is 11.2. The van der Waals surface area contributed by atoms with E-state index in [0.29, 0.717) is 0 Å². The van der Waals surface area contributed by atoms with Gasteiger partial charge in [0.2, 0.25) is 11.8 Å². The van der Waals surface area contributed by atoms with Gasteiger partial charge >= 0.3 is 0 Å². The molecule has 0 unspecified atom stereocenters. The number of carbonyl (C=O) groups is 2. The minimum atomic E-state index is -0.513. The van der Waals surface area contributed by atoms with E-state index in [9.17, 15) is 9.59 Å². The Balaban J connectivity index is 0.00000144. The minimum Gasteiger partial charge on any atom is -0.368 e. The summed E-state index contributed by atoms with van der Waals surface area (Å²) in [6.07, 6.45) is 1.85. The van der Waals surface area contributed by atoms with Crippen molar-refractivity contribution in [2.75, 3.05) is 13.1 Å². The summed E-state index contributed by atoms with van der Waals surface area (Å²) in [6.45, 7) is 0.797. The molecule has 13 heavy (non-hydrogen) atoms. The fraction of sp³-hybridized carbons (Fsp3) is 0.714. The van der Waals surface area contributed by atoms with Crippen molar-refractivity contribution in [3.63, 3.8) is 0 Å². The molecule has 0 saturated carbocycles. The van der Waals surface area contributed by atoms with E-state index in [0.717, 1.165) is 19.4 Å². The first-order valence-corrected chi connectivity index (χ1v) is 3.99. The van der Waals surface area contributed by atoms with E-state index in [-0.39, 0.29) is 30.9 Å². The maximum absolute atomic E-state index is 11.2. The largest absolute Gasteiger partial charge is 0.368 e. The lowest BCUT2D eigenvalue weighted by molar-refractivity contribution is -0.126. The van der Waals surface area contributed by atoms with Gasteiger partial charge in [-0.1, -0.05) is 0 Å². The van der Waals surface area contributed by atoms with E-state index in [1.165, 1.54) is 0 Å². The molecule has 76 valence electrons. The van der Waals surface area contributed by atoms with Crippen LogP contribution in [0.1, 0.15) is 12.8 Å². The number of nitrogens with one attached hydrogen (secondary N) is 2. The van der Waals surface area contributed by atoms with Crippen molar-refractivity contribution >= 4 is 24.2 Å². The second-order valence-electron chi connectivity index (χ2n) is 2.83. The summed E-state index contributed by atoms with van der Waals surface area (Å²) in [4.78, 5) is 21.5. The summed E-state index contributed by atoms with van der Waals surface area (Å²) >= 11 is 0. The van der Waals surface area contributed by atoms with Gasteiger partial charge in [0.1, 0.15) is 0 Å². The van der Waals surface area contributed by atoms with Gasteiger partial charge in [-0.3, -0.25) is 9.59 Å². The topological polar surface area (TPSA) is 84.2 Å². The molecule has 1 rings (SSSR count). The van der Waals surface area contributed by atoms with Crippen LogP contribution in [0.25, 0.3) is 0 Å². The third-order valence-electron chi connectivity index (χ3n) is 1.81. The second kappa shape index (κ2) is 5.77. The van der Waals surface area contributed by atoms with Crippen LogP contribution < -0.4 is 16.4 Å². The first kappa shape index (κ1) is 12.2. The average Bonchev–Trinajstić information content (AvgIpc) is 2.51. The number of primary amides is 1. The molecule has 6 heteroatoms. The summed E-state index contributed by atoms with van der Waals surface area (Å²) < 4.78 is 0. The van der Waals surface area contributed by atoms with Gasteiger partial charge in [-0.15, -0.1) is 12.4 Å². The first-order chi connectivity index (χ1) is 5.70. The van der Waals surface area contributed by atoms with Crippen molar-refractivity contribution < 1.29 is 9.59 Å². The minimum absolute atomic E-state index is 0. The predicted octanol–water partition coefficient (Wildman–Crippen LogP) is -1.24. The van der Waals surface area contributed by atoms with Crippen LogP contribution in [0.4, 0.5) is 0 Å². The van der Waals surface area contributed by atoms with Crippen LogP contribution in [0.5, 0.6) is 0 Å². The molecule has 1 atom stereocenters. The van der Waals surface area contributed by atoms with Crippen LogP contribution in [0.15, 0.2) is 0 Å². The molecule has 1 fully saturated rings. The van der Waals surface area contributed by atoms with Gasteiger partial charge < -0.3 is 16.4 Å². The normalized spacial score (nSPS) is 20.5. The Kier molecular flexibility index (Phi) is 5.41. The molecule has 4 N–H and O–H groups in total. The molecule has 1 heterocycles. The zero-order valence-corrected chi connectivity index (χ0v) is 8.02. The lowest BCUT2D eigenvalue weighted by atomic mass is 10.2. The van der Waals surface area contributed by atoms with E-state index < -0.39 is 5.91 Å². The molecular formula is C7H14ClN3O2. The Morgan fingerprint density at radius 2 is 2.23 bits per heavy atom. The Morgan fingerprint density at radius 3 is 2.69 bits per heavy atom. The summed E-state index contributed by atoms with van der Waals surface area (Å²) in [5, 5.41) is 5.46. The van der Waals surface area contributed by atoms with Crippen LogP contribution in [-0.4, -0.2) is 30.9 Å². The van der Waals surface area contributed by atoms with E-state index >= 15 is 0 Å². The molecule has 1 aliphatic rings. The molecule has 0 aromatic heterocycles. The van der Waals surface area contributed by atoms with Crippen LogP contribution >= 0.6 is 12.4 Å². The van der Waals surface area contributed by atoms with Gasteiger partial charge in [-0.05, 0) is 19.4 Å². The van der Waals surface area contributed by atoms with Crippen molar-refractivity contribution in [3.8, 4) is 0 Å². The molecule has 0 aliphatic carbocycles. The van der Waals surface area contributed by atoms with E-state index in [2.05, 4.69) is 10.6 Å². The van der Waals surface area contributed by atoms with Crippen molar-refractivity contribution in [1.29, 1.82) is 0 Å². The standard InChI is InChI=1S/C7H13N3O2.ClH/c8-6(11)4-10-7(12)5-2-1-3-9-5;/h5,9H,1-4H2,(H2,8,11)(H,10,12);1H/t5-;/m1./s1. The smallest absolute Gasteiger partial charge is 0.237 e. The third kappa shape index (κ3) is 4.10. The van der Waals surface area contributed by atoms with Crippen LogP contribution in [0, 0.1) is 0 Å². The highest BCUT2D eigenvalue weighted by molar-refractivity contribution is 5.86. The molecule has 1 aliphatic heterocycles. The van der Waals surface area contributed by atoms with Gasteiger partial charge in [0, 0.05) is 0 Å². The summed E-state index contributed by atoms with van der Waals surface area (Å²) in [7, 11) is 0. The highest BCUT2D eigenvalue weighted by Crippen LogP contribution is 2.03. The van der Waals surface area contributed by atoms with Crippen LogP contribution in [0.3, 0.4) is 0 Å². The lowest BCUT2D eigenvalue weighted by Gasteiger charge is -2.08. The summed E-state index contributed by atoms with van der Waals surface area (Å²) in [6, 6.07) is -0.135. The van der Waals surface area contributed by atoms with Gasteiger partial charge in [0.25, 0.3) is 0 Å². The van der Waals surface area contributed by atoms with E-state index in [1.54, 1.807) is 0 Å². The van der Waals surface area contributed by atoms with Crippen molar-refractivity contribution in [2.24, 2.45) is 5.73 Å². The Hall–Kier alpha value is -0.810. The van der Waals surface area contributed by atoms with Crippen molar-refractivity contribution in [2.45, 2.75) is 18.9 Å². The average molecular weight is 208 g/mol. The molecule has 0 spiro atoms. The Bertz CT molecular complexity index is 192. The zero-order valence-electron chi connectivity index (χ0n) is 7.21. The number of halogens is 1. The third-order valence-corrected chi connectivity index (χ3v) is 1.81. The van der Waals surface area contributed by atoms with E-state index in [4.69, 9.17) is 5.73 Å². The number of amides is 2. The Morgan fingerprint density at radius 1 is 1.54 bits per heavy atom. The number of nitrogens with two attached hydrogens (primary N) is 1. The number of hydrogen-bond acceptors (Lipinski definition) is 3. The number of carbonyl (C=O) groups excluding carboxylic acids is 2. The molecular weight excluding hydrogens is 194 g/mol. The lowest BCUT2D eigenvalue weighted by Crippen LogP contribution is -2.43. The zero-order chi connectivity index (χ0) is 8.97. The van der Waals surface area contributed by atoms with Gasteiger partial charge in [-0.25, -0.2) is 0 Å². The van der Waals surface area contributed by atoms with Crippen LogP contribution in [-0.2, 0) is 9.59 Å². The van der Waals surface area contributed by atoms with Gasteiger partial charge in [0.15, 0.2) is 0 Å². The number of rotatable bonds is 3. The van der Waals surface area contributed by atoms with Gasteiger partial charge in [0.05, 0.1) is 12.6 Å². The molecule has 5 nitrogen and oxygen atoms in total. The fourth-order valence-electron chi connectivity index (χ4n) is 1.21. The fourth-order valence-corrected chi connectivity index (χ4v) is 1.21. The number of hydrogen-bond donors (Lipinski definition) is 3. The molecule has 1 saturated heterocycles. The second-order valence-corrected chi connectivity index (χ2v) is 2.83. The van der Waals surface area contributed by atoms with Gasteiger partial charge in [-0.2, -0.15) is 0 Å². The first-order valence-electron chi connectivity index (χ1n) is 3.99. The van der Waals surface area contributed by atoms with E-state index in [1.807, 2.05) is 0 Å². The molecule has 2 amide bonds.